The third-order valence-corrected chi connectivity index (χ3v) is 2.59. The quantitative estimate of drug-likeness (QED) is 0.768. The first-order valence-electron chi connectivity index (χ1n) is 5.77. The Morgan fingerprint density at radius 1 is 1.37 bits per heavy atom. The van der Waals surface area contributed by atoms with Crippen molar-refractivity contribution in [3.63, 3.8) is 0 Å². The zero-order chi connectivity index (χ0) is 13.7. The van der Waals surface area contributed by atoms with E-state index in [-0.39, 0.29) is 17.4 Å². The number of nitriles is 1. The number of aromatic nitrogens is 3. The lowest BCUT2D eigenvalue weighted by atomic mass is 10.1. The highest BCUT2D eigenvalue weighted by Crippen LogP contribution is 2.07. The van der Waals surface area contributed by atoms with Crippen LogP contribution in [0.4, 0.5) is 4.39 Å². The van der Waals surface area contributed by atoms with Crippen LogP contribution in [-0.4, -0.2) is 20.5 Å². The van der Waals surface area contributed by atoms with Gasteiger partial charge in [-0.3, -0.25) is 9.48 Å². The Labute approximate surface area is 109 Å². The molecule has 0 radical (unpaired) electrons. The van der Waals surface area contributed by atoms with E-state index in [0.717, 1.165) is 0 Å². The fourth-order valence-corrected chi connectivity index (χ4v) is 1.64. The average Bonchev–Trinajstić information content (AvgIpc) is 2.87. The van der Waals surface area contributed by atoms with E-state index in [1.54, 1.807) is 0 Å². The van der Waals surface area contributed by atoms with Crippen molar-refractivity contribution in [2.24, 2.45) is 0 Å². The molecule has 0 aliphatic rings. The highest BCUT2D eigenvalue weighted by Gasteiger charge is 2.06. The molecule has 0 aliphatic carbocycles. The van der Waals surface area contributed by atoms with Gasteiger partial charge in [-0.1, -0.05) is 0 Å². The van der Waals surface area contributed by atoms with E-state index in [0.29, 0.717) is 24.9 Å². The van der Waals surface area contributed by atoms with Gasteiger partial charge in [0.05, 0.1) is 0 Å². The van der Waals surface area contributed by atoms with E-state index in [1.165, 1.54) is 35.3 Å². The minimum Gasteiger partial charge on any atom is -0.294 e. The summed E-state index contributed by atoms with van der Waals surface area (Å²) < 4.78 is 14.2. The van der Waals surface area contributed by atoms with Crippen molar-refractivity contribution in [1.82, 2.24) is 14.8 Å². The Morgan fingerprint density at radius 3 is 2.74 bits per heavy atom. The molecule has 0 bridgehead atoms. The third-order valence-electron chi connectivity index (χ3n) is 2.59. The number of carbonyl (C=O) groups excluding carboxylic acids is 1. The van der Waals surface area contributed by atoms with Crippen LogP contribution < -0.4 is 0 Å². The van der Waals surface area contributed by atoms with Crippen LogP contribution in [0.15, 0.2) is 30.6 Å². The molecule has 96 valence electrons. The van der Waals surface area contributed by atoms with Crippen molar-refractivity contribution in [2.45, 2.75) is 19.4 Å². The second-order valence-electron chi connectivity index (χ2n) is 3.98. The van der Waals surface area contributed by atoms with Crippen LogP contribution in [0.2, 0.25) is 0 Å². The van der Waals surface area contributed by atoms with Crippen LogP contribution in [0, 0.1) is 17.1 Å². The first kappa shape index (κ1) is 12.9. The molecule has 0 unspecified atom stereocenters. The molecule has 0 atom stereocenters. The maximum atomic E-state index is 12.7. The maximum absolute atomic E-state index is 12.7. The number of Topliss-reactive ketones (excluding diaryl/α,β-unsaturated/α-hetero) is 1. The van der Waals surface area contributed by atoms with Gasteiger partial charge in [0.25, 0.3) is 5.82 Å². The lowest BCUT2D eigenvalue weighted by Gasteiger charge is -2.01. The molecule has 2 rings (SSSR count). The maximum Gasteiger partial charge on any atom is 0.252 e. The largest absolute Gasteiger partial charge is 0.294 e. The van der Waals surface area contributed by atoms with Gasteiger partial charge in [0.15, 0.2) is 5.78 Å². The molecular weight excluding hydrogens is 247 g/mol. The summed E-state index contributed by atoms with van der Waals surface area (Å²) >= 11 is 0. The van der Waals surface area contributed by atoms with Crippen LogP contribution in [0.3, 0.4) is 0 Å². The smallest absolute Gasteiger partial charge is 0.252 e. The van der Waals surface area contributed by atoms with E-state index < -0.39 is 0 Å². The van der Waals surface area contributed by atoms with Crippen LogP contribution in [0.25, 0.3) is 0 Å². The second kappa shape index (κ2) is 5.87. The lowest BCUT2D eigenvalue weighted by Crippen LogP contribution is -2.04. The highest BCUT2D eigenvalue weighted by atomic mass is 19.1. The number of hydrogen-bond acceptors (Lipinski definition) is 4. The van der Waals surface area contributed by atoms with Gasteiger partial charge in [-0.15, -0.1) is 5.10 Å². The van der Waals surface area contributed by atoms with Gasteiger partial charge in [-0.25, -0.2) is 9.37 Å². The SMILES string of the molecule is N#Cc1ncn(CCCC(=O)c2ccc(F)cc2)n1. The first-order chi connectivity index (χ1) is 9.19. The molecule has 1 aromatic heterocycles. The zero-order valence-corrected chi connectivity index (χ0v) is 10.1. The van der Waals surface area contributed by atoms with E-state index >= 15 is 0 Å². The molecule has 6 heteroatoms. The van der Waals surface area contributed by atoms with E-state index in [1.807, 2.05) is 6.07 Å². The number of ketones is 1. The molecule has 0 spiro atoms. The van der Waals surface area contributed by atoms with E-state index in [4.69, 9.17) is 5.26 Å². The zero-order valence-electron chi connectivity index (χ0n) is 10.1. The van der Waals surface area contributed by atoms with Crippen LogP contribution in [0.5, 0.6) is 0 Å². The lowest BCUT2D eigenvalue weighted by molar-refractivity contribution is 0.0978. The number of nitrogens with zero attached hydrogens (tertiary/aromatic N) is 4. The Bertz CT molecular complexity index is 612. The van der Waals surface area contributed by atoms with Gasteiger partial charge in [0.2, 0.25) is 0 Å². The Balaban J connectivity index is 1.84. The van der Waals surface area contributed by atoms with Crippen LogP contribution >= 0.6 is 0 Å². The predicted molar refractivity (Wildman–Crippen MR) is 64.7 cm³/mol. The number of benzene rings is 1. The number of hydrogen-bond donors (Lipinski definition) is 0. The molecule has 0 N–H and O–H groups in total. The van der Waals surface area contributed by atoms with Gasteiger partial charge in [-0.05, 0) is 30.7 Å². The van der Waals surface area contributed by atoms with Crippen molar-refractivity contribution >= 4 is 5.78 Å². The van der Waals surface area contributed by atoms with Gasteiger partial charge < -0.3 is 0 Å². The van der Waals surface area contributed by atoms with Crippen molar-refractivity contribution < 1.29 is 9.18 Å². The fourth-order valence-electron chi connectivity index (χ4n) is 1.64. The monoisotopic (exact) mass is 258 g/mol. The van der Waals surface area contributed by atoms with Gasteiger partial charge in [0, 0.05) is 18.5 Å². The van der Waals surface area contributed by atoms with Crippen molar-refractivity contribution in [2.75, 3.05) is 0 Å². The minimum atomic E-state index is -0.358. The fraction of sp³-hybridized carbons (Fsp3) is 0.231. The number of rotatable bonds is 5. The molecule has 0 amide bonds. The number of aryl methyl sites for hydroxylation is 1. The molecule has 1 heterocycles. The van der Waals surface area contributed by atoms with E-state index in [9.17, 15) is 9.18 Å². The molecule has 1 aromatic carbocycles. The Hall–Kier alpha value is -2.55. The standard InChI is InChI=1S/C13H11FN4O/c14-11-5-3-10(4-6-11)12(19)2-1-7-18-9-16-13(8-15)17-18/h3-6,9H,1-2,7H2. The van der Waals surface area contributed by atoms with Gasteiger partial charge >= 0.3 is 0 Å². The molecule has 19 heavy (non-hydrogen) atoms. The summed E-state index contributed by atoms with van der Waals surface area (Å²) in [5.74, 6) is -0.284. The van der Waals surface area contributed by atoms with Crippen LogP contribution in [0.1, 0.15) is 29.0 Å². The summed E-state index contributed by atoms with van der Waals surface area (Å²) in [5, 5.41) is 12.5. The highest BCUT2D eigenvalue weighted by molar-refractivity contribution is 5.95. The first-order valence-corrected chi connectivity index (χ1v) is 5.77. The second-order valence-corrected chi connectivity index (χ2v) is 3.98. The summed E-state index contributed by atoms with van der Waals surface area (Å²) in [7, 11) is 0. The molecule has 0 fully saturated rings. The minimum absolute atomic E-state index is 0.0411. The molecule has 2 aromatic rings. The average molecular weight is 258 g/mol. The molecule has 0 aliphatic heterocycles. The third kappa shape index (κ3) is 3.45. The van der Waals surface area contributed by atoms with Crippen molar-refractivity contribution in [3.8, 4) is 6.07 Å². The summed E-state index contributed by atoms with van der Waals surface area (Å²) in [6, 6.07) is 7.31. The van der Waals surface area contributed by atoms with Gasteiger partial charge in [0.1, 0.15) is 18.2 Å². The summed E-state index contributed by atoms with van der Waals surface area (Å²) in [4.78, 5) is 15.6. The Kier molecular flexibility index (Phi) is 3.98. The van der Waals surface area contributed by atoms with Crippen LogP contribution in [-0.2, 0) is 6.54 Å². The number of carbonyl (C=O) groups is 1. The predicted octanol–water partition coefficient (Wildman–Crippen LogP) is 1.95. The summed E-state index contributed by atoms with van der Waals surface area (Å²) in [6.07, 6.45) is 2.39. The summed E-state index contributed by atoms with van der Waals surface area (Å²) in [5.41, 5.74) is 0.498. The number of halogens is 1. The van der Waals surface area contributed by atoms with Crippen molar-refractivity contribution in [1.29, 1.82) is 5.26 Å². The van der Waals surface area contributed by atoms with Crippen molar-refractivity contribution in [3.05, 3.63) is 47.8 Å². The topological polar surface area (TPSA) is 71.6 Å². The molecular formula is C13H11FN4O. The Morgan fingerprint density at radius 2 is 2.11 bits per heavy atom. The molecule has 5 nitrogen and oxygen atoms in total. The molecule has 0 saturated carbocycles. The normalized spacial score (nSPS) is 10.1. The molecule has 0 saturated heterocycles. The van der Waals surface area contributed by atoms with Gasteiger partial charge in [-0.2, -0.15) is 5.26 Å². The van der Waals surface area contributed by atoms with E-state index in [2.05, 4.69) is 10.1 Å². The summed E-state index contributed by atoms with van der Waals surface area (Å²) in [6.45, 7) is 0.515.